The lowest BCUT2D eigenvalue weighted by atomic mass is 10.0. The number of halogens is 2. The zero-order chi connectivity index (χ0) is 14.1. The SMILES string of the molecule is Nc1noc(-c2cc(F)cc(Br)c2)c1-c1cccnc1. The molecule has 0 saturated carbocycles. The molecule has 1 aromatic carbocycles. The summed E-state index contributed by atoms with van der Waals surface area (Å²) in [5.41, 5.74) is 7.78. The molecule has 0 amide bonds. The van der Waals surface area contributed by atoms with Gasteiger partial charge >= 0.3 is 0 Å². The number of hydrogen-bond acceptors (Lipinski definition) is 4. The Labute approximate surface area is 122 Å². The second-order valence-electron chi connectivity index (χ2n) is 4.17. The summed E-state index contributed by atoms with van der Waals surface area (Å²) in [6.07, 6.45) is 3.31. The summed E-state index contributed by atoms with van der Waals surface area (Å²) < 4.78 is 19.4. The van der Waals surface area contributed by atoms with Crippen molar-refractivity contribution in [3.8, 4) is 22.5 Å². The molecular formula is C14H9BrFN3O. The molecule has 0 spiro atoms. The molecule has 100 valence electrons. The van der Waals surface area contributed by atoms with E-state index in [2.05, 4.69) is 26.1 Å². The van der Waals surface area contributed by atoms with Crippen molar-refractivity contribution < 1.29 is 8.91 Å². The Kier molecular flexibility index (Phi) is 3.23. The summed E-state index contributed by atoms with van der Waals surface area (Å²) in [7, 11) is 0. The molecule has 3 rings (SSSR count). The van der Waals surface area contributed by atoms with Crippen LogP contribution in [0.15, 0.2) is 51.7 Å². The number of nitrogens with two attached hydrogens (primary N) is 1. The molecule has 2 N–H and O–H groups in total. The number of nitrogens with zero attached hydrogens (tertiary/aromatic N) is 2. The number of aromatic nitrogens is 2. The van der Waals surface area contributed by atoms with Crippen LogP contribution in [0.1, 0.15) is 0 Å². The van der Waals surface area contributed by atoms with E-state index in [0.29, 0.717) is 21.4 Å². The maximum absolute atomic E-state index is 13.5. The first-order valence-electron chi connectivity index (χ1n) is 5.77. The number of hydrogen-bond donors (Lipinski definition) is 1. The fourth-order valence-electron chi connectivity index (χ4n) is 1.97. The van der Waals surface area contributed by atoms with E-state index >= 15 is 0 Å². The zero-order valence-electron chi connectivity index (χ0n) is 10.2. The number of benzene rings is 1. The van der Waals surface area contributed by atoms with Crippen LogP contribution in [0.3, 0.4) is 0 Å². The minimum Gasteiger partial charge on any atom is -0.380 e. The average molecular weight is 334 g/mol. The van der Waals surface area contributed by atoms with Crippen molar-refractivity contribution in [2.45, 2.75) is 0 Å². The van der Waals surface area contributed by atoms with Crippen LogP contribution >= 0.6 is 15.9 Å². The summed E-state index contributed by atoms with van der Waals surface area (Å²) in [6, 6.07) is 8.10. The Hall–Kier alpha value is -2.21. The van der Waals surface area contributed by atoms with E-state index in [1.807, 2.05) is 6.07 Å². The van der Waals surface area contributed by atoms with E-state index in [4.69, 9.17) is 10.3 Å². The van der Waals surface area contributed by atoms with Crippen LogP contribution in [0, 0.1) is 5.82 Å². The van der Waals surface area contributed by atoms with E-state index in [1.165, 1.54) is 12.1 Å². The molecule has 0 radical (unpaired) electrons. The standard InChI is InChI=1S/C14H9BrFN3O/c15-10-4-9(5-11(16)6-10)13-12(14(17)19-20-13)8-2-1-3-18-7-8/h1-7H,(H2,17,19). The summed E-state index contributed by atoms with van der Waals surface area (Å²) >= 11 is 3.25. The van der Waals surface area contributed by atoms with Crippen LogP contribution < -0.4 is 5.73 Å². The van der Waals surface area contributed by atoms with Gasteiger partial charge < -0.3 is 10.3 Å². The summed E-state index contributed by atoms with van der Waals surface area (Å²) in [4.78, 5) is 4.04. The van der Waals surface area contributed by atoms with Crippen molar-refractivity contribution in [2.75, 3.05) is 5.73 Å². The van der Waals surface area contributed by atoms with Gasteiger partial charge in [-0.3, -0.25) is 4.98 Å². The monoisotopic (exact) mass is 333 g/mol. The number of nitrogen functional groups attached to an aromatic ring is 1. The number of pyridine rings is 1. The number of rotatable bonds is 2. The van der Waals surface area contributed by atoms with Crippen LogP contribution in [0.25, 0.3) is 22.5 Å². The normalized spacial score (nSPS) is 10.7. The van der Waals surface area contributed by atoms with Crippen molar-refractivity contribution >= 4 is 21.7 Å². The van der Waals surface area contributed by atoms with Crippen LogP contribution in [0.4, 0.5) is 10.2 Å². The lowest BCUT2D eigenvalue weighted by molar-refractivity contribution is 0.436. The highest BCUT2D eigenvalue weighted by Gasteiger charge is 2.18. The first-order valence-corrected chi connectivity index (χ1v) is 6.56. The highest BCUT2D eigenvalue weighted by molar-refractivity contribution is 9.10. The molecule has 3 aromatic rings. The van der Waals surface area contributed by atoms with Gasteiger partial charge in [0.1, 0.15) is 5.82 Å². The van der Waals surface area contributed by atoms with Crippen molar-refractivity contribution in [1.82, 2.24) is 10.1 Å². The molecule has 4 nitrogen and oxygen atoms in total. The summed E-state index contributed by atoms with van der Waals surface area (Å²) in [5, 5.41) is 3.77. The summed E-state index contributed by atoms with van der Waals surface area (Å²) in [6.45, 7) is 0. The van der Waals surface area contributed by atoms with Gasteiger partial charge in [-0.1, -0.05) is 27.2 Å². The van der Waals surface area contributed by atoms with Crippen molar-refractivity contribution in [3.63, 3.8) is 0 Å². The molecule has 6 heteroatoms. The predicted octanol–water partition coefficient (Wildman–Crippen LogP) is 3.89. The smallest absolute Gasteiger partial charge is 0.177 e. The Morgan fingerprint density at radius 1 is 1.20 bits per heavy atom. The third-order valence-corrected chi connectivity index (χ3v) is 3.25. The maximum atomic E-state index is 13.5. The first kappa shape index (κ1) is 12.8. The molecule has 0 atom stereocenters. The first-order chi connectivity index (χ1) is 9.65. The molecule has 0 aliphatic heterocycles. The van der Waals surface area contributed by atoms with Gasteiger partial charge in [0.15, 0.2) is 11.6 Å². The van der Waals surface area contributed by atoms with Crippen molar-refractivity contribution in [2.24, 2.45) is 0 Å². The molecular weight excluding hydrogens is 325 g/mol. The van der Waals surface area contributed by atoms with Gasteiger partial charge in [-0.2, -0.15) is 0 Å². The fourth-order valence-corrected chi connectivity index (χ4v) is 2.44. The zero-order valence-corrected chi connectivity index (χ0v) is 11.8. The lowest BCUT2D eigenvalue weighted by Gasteiger charge is -2.03. The Bertz CT molecular complexity index is 738. The highest BCUT2D eigenvalue weighted by Crippen LogP contribution is 2.37. The van der Waals surface area contributed by atoms with Gasteiger partial charge in [0, 0.05) is 28.0 Å². The molecule has 2 heterocycles. The van der Waals surface area contributed by atoms with E-state index in [1.54, 1.807) is 24.5 Å². The van der Waals surface area contributed by atoms with Gasteiger partial charge in [0.25, 0.3) is 0 Å². The molecule has 0 bridgehead atoms. The maximum Gasteiger partial charge on any atom is 0.177 e. The third kappa shape index (κ3) is 2.30. The summed E-state index contributed by atoms with van der Waals surface area (Å²) in [5.74, 6) is 0.283. The van der Waals surface area contributed by atoms with Gasteiger partial charge in [-0.15, -0.1) is 0 Å². The molecule has 0 aliphatic rings. The van der Waals surface area contributed by atoms with Crippen LogP contribution in [0.5, 0.6) is 0 Å². The third-order valence-electron chi connectivity index (χ3n) is 2.79. The van der Waals surface area contributed by atoms with Gasteiger partial charge in [0.05, 0.1) is 5.56 Å². The average Bonchev–Trinajstić information content (AvgIpc) is 2.80. The van der Waals surface area contributed by atoms with Crippen LogP contribution in [-0.2, 0) is 0 Å². The minimum absolute atomic E-state index is 0.244. The molecule has 20 heavy (non-hydrogen) atoms. The largest absolute Gasteiger partial charge is 0.380 e. The van der Waals surface area contributed by atoms with Gasteiger partial charge in [-0.25, -0.2) is 4.39 Å². The van der Waals surface area contributed by atoms with Crippen molar-refractivity contribution in [3.05, 3.63) is 53.0 Å². The van der Waals surface area contributed by atoms with Crippen molar-refractivity contribution in [1.29, 1.82) is 0 Å². The molecule has 0 saturated heterocycles. The molecule has 0 unspecified atom stereocenters. The van der Waals surface area contributed by atoms with E-state index in [-0.39, 0.29) is 11.6 Å². The highest BCUT2D eigenvalue weighted by atomic mass is 79.9. The second-order valence-corrected chi connectivity index (χ2v) is 5.09. The Balaban J connectivity index is 2.21. The lowest BCUT2D eigenvalue weighted by Crippen LogP contribution is -1.89. The van der Waals surface area contributed by atoms with Crippen LogP contribution in [0.2, 0.25) is 0 Å². The minimum atomic E-state index is -0.374. The molecule has 0 fully saturated rings. The van der Waals surface area contributed by atoms with Crippen LogP contribution in [-0.4, -0.2) is 10.1 Å². The fraction of sp³-hybridized carbons (Fsp3) is 0. The second kappa shape index (κ2) is 5.05. The Morgan fingerprint density at radius 2 is 2.05 bits per heavy atom. The van der Waals surface area contributed by atoms with E-state index < -0.39 is 0 Å². The molecule has 0 aliphatic carbocycles. The van der Waals surface area contributed by atoms with Gasteiger partial charge in [0.2, 0.25) is 0 Å². The topological polar surface area (TPSA) is 64.9 Å². The van der Waals surface area contributed by atoms with E-state index in [0.717, 1.165) is 5.56 Å². The number of anilines is 1. The quantitative estimate of drug-likeness (QED) is 0.772. The van der Waals surface area contributed by atoms with Gasteiger partial charge in [-0.05, 0) is 24.3 Å². The van der Waals surface area contributed by atoms with E-state index in [9.17, 15) is 4.39 Å². The molecule has 2 aromatic heterocycles. The Morgan fingerprint density at radius 3 is 2.75 bits per heavy atom. The predicted molar refractivity (Wildman–Crippen MR) is 77.2 cm³/mol.